The van der Waals surface area contributed by atoms with Gasteiger partial charge in [-0.3, -0.25) is 13.9 Å². The van der Waals surface area contributed by atoms with E-state index in [4.69, 9.17) is 11.6 Å². The standard InChI is InChI=1S/C28H32ClN3O4S/c1-5-25(28(34)30-4)31(18-22-16-14-20(2)15-17-22)27(33)19-32(26-13-9-12-24(29)21(26)3)37(35,36)23-10-7-6-8-11-23/h6-17,25H,5,18-19H2,1-4H3,(H,30,34)/t25-/m1/s1. The number of carbonyl (C=O) groups excluding carboxylic acids is 2. The summed E-state index contributed by atoms with van der Waals surface area (Å²) in [7, 11) is -2.62. The zero-order valence-corrected chi connectivity index (χ0v) is 23.0. The highest BCUT2D eigenvalue weighted by Gasteiger charge is 2.34. The van der Waals surface area contributed by atoms with Crippen LogP contribution in [0.5, 0.6) is 0 Å². The number of likely N-dealkylation sites (N-methyl/N-ethyl adjacent to an activating group) is 1. The van der Waals surface area contributed by atoms with Crippen molar-refractivity contribution in [3.05, 3.63) is 94.5 Å². The van der Waals surface area contributed by atoms with E-state index in [9.17, 15) is 18.0 Å². The van der Waals surface area contributed by atoms with Gasteiger partial charge in [0.1, 0.15) is 12.6 Å². The SMILES string of the molecule is CC[C@H](C(=O)NC)N(Cc1ccc(C)cc1)C(=O)CN(c1cccc(Cl)c1C)S(=O)(=O)c1ccccc1. The monoisotopic (exact) mass is 541 g/mol. The van der Waals surface area contributed by atoms with E-state index in [2.05, 4.69) is 5.32 Å². The number of hydrogen-bond acceptors (Lipinski definition) is 4. The summed E-state index contributed by atoms with van der Waals surface area (Å²) in [6.45, 7) is 5.14. The summed E-state index contributed by atoms with van der Waals surface area (Å²) < 4.78 is 28.7. The molecule has 0 heterocycles. The molecule has 7 nitrogen and oxygen atoms in total. The minimum Gasteiger partial charge on any atom is -0.357 e. The van der Waals surface area contributed by atoms with Gasteiger partial charge in [-0.25, -0.2) is 8.42 Å². The number of benzene rings is 3. The topological polar surface area (TPSA) is 86.8 Å². The number of sulfonamides is 1. The highest BCUT2D eigenvalue weighted by molar-refractivity contribution is 7.92. The largest absolute Gasteiger partial charge is 0.357 e. The molecule has 3 rings (SSSR count). The van der Waals surface area contributed by atoms with Gasteiger partial charge in [-0.05, 0) is 55.7 Å². The molecule has 1 N–H and O–H groups in total. The molecule has 0 fully saturated rings. The number of rotatable bonds is 10. The van der Waals surface area contributed by atoms with Gasteiger partial charge in [0.15, 0.2) is 0 Å². The molecule has 0 saturated heterocycles. The molecule has 3 aromatic rings. The zero-order valence-electron chi connectivity index (χ0n) is 21.4. The minimum absolute atomic E-state index is 0.0469. The maximum atomic E-state index is 13.9. The van der Waals surface area contributed by atoms with Crippen LogP contribution in [0, 0.1) is 13.8 Å². The van der Waals surface area contributed by atoms with Crippen molar-refractivity contribution in [2.24, 2.45) is 0 Å². The summed E-state index contributed by atoms with van der Waals surface area (Å²) in [5.41, 5.74) is 2.72. The molecule has 0 aliphatic rings. The first-order valence-electron chi connectivity index (χ1n) is 12.0. The van der Waals surface area contributed by atoms with Crippen molar-refractivity contribution >= 4 is 39.1 Å². The Bertz CT molecular complexity index is 1350. The third-order valence-corrected chi connectivity index (χ3v) is 8.41. The molecule has 0 aliphatic carbocycles. The first kappa shape index (κ1) is 28.2. The Balaban J connectivity index is 2.09. The summed E-state index contributed by atoms with van der Waals surface area (Å²) in [6.07, 6.45) is 0.360. The number of halogens is 1. The van der Waals surface area contributed by atoms with Crippen molar-refractivity contribution in [1.29, 1.82) is 0 Å². The summed E-state index contributed by atoms with van der Waals surface area (Å²) >= 11 is 6.34. The summed E-state index contributed by atoms with van der Waals surface area (Å²) in [4.78, 5) is 28.1. The fourth-order valence-electron chi connectivity index (χ4n) is 4.08. The Morgan fingerprint density at radius 2 is 1.59 bits per heavy atom. The number of amides is 2. The lowest BCUT2D eigenvalue weighted by molar-refractivity contribution is -0.140. The predicted molar refractivity (Wildman–Crippen MR) is 147 cm³/mol. The predicted octanol–water partition coefficient (Wildman–Crippen LogP) is 4.71. The maximum Gasteiger partial charge on any atom is 0.264 e. The van der Waals surface area contributed by atoms with Crippen molar-refractivity contribution < 1.29 is 18.0 Å². The van der Waals surface area contributed by atoms with Crippen LogP contribution in [-0.4, -0.2) is 44.8 Å². The Kier molecular flexibility index (Phi) is 9.34. The van der Waals surface area contributed by atoms with Gasteiger partial charge in [-0.1, -0.05) is 72.6 Å². The second-order valence-electron chi connectivity index (χ2n) is 8.75. The zero-order chi connectivity index (χ0) is 27.2. The van der Waals surface area contributed by atoms with Crippen LogP contribution < -0.4 is 9.62 Å². The van der Waals surface area contributed by atoms with E-state index in [1.54, 1.807) is 43.3 Å². The highest BCUT2D eigenvalue weighted by Crippen LogP contribution is 2.31. The van der Waals surface area contributed by atoms with Crippen LogP contribution in [0.25, 0.3) is 0 Å². The molecular weight excluding hydrogens is 510 g/mol. The van der Waals surface area contributed by atoms with E-state index in [-0.39, 0.29) is 17.3 Å². The number of hydrogen-bond donors (Lipinski definition) is 1. The van der Waals surface area contributed by atoms with Crippen molar-refractivity contribution in [1.82, 2.24) is 10.2 Å². The normalized spacial score (nSPS) is 12.0. The van der Waals surface area contributed by atoms with E-state index in [1.165, 1.54) is 24.1 Å². The van der Waals surface area contributed by atoms with Crippen LogP contribution in [0.2, 0.25) is 5.02 Å². The van der Waals surface area contributed by atoms with E-state index in [1.807, 2.05) is 38.1 Å². The molecule has 0 radical (unpaired) electrons. The Morgan fingerprint density at radius 1 is 0.946 bits per heavy atom. The second kappa shape index (κ2) is 12.3. The Morgan fingerprint density at radius 3 is 2.19 bits per heavy atom. The fraction of sp³-hybridized carbons (Fsp3) is 0.286. The second-order valence-corrected chi connectivity index (χ2v) is 11.0. The summed E-state index contributed by atoms with van der Waals surface area (Å²) in [5.74, 6) is -0.825. The summed E-state index contributed by atoms with van der Waals surface area (Å²) in [6, 6.07) is 19.7. The smallest absolute Gasteiger partial charge is 0.264 e. The van der Waals surface area contributed by atoms with E-state index in [0.717, 1.165) is 15.4 Å². The van der Waals surface area contributed by atoms with Gasteiger partial charge < -0.3 is 10.2 Å². The van der Waals surface area contributed by atoms with Gasteiger partial charge in [0.25, 0.3) is 10.0 Å². The number of nitrogens with one attached hydrogen (secondary N) is 1. The lowest BCUT2D eigenvalue weighted by Crippen LogP contribution is -2.51. The molecule has 0 aromatic heterocycles. The molecule has 9 heteroatoms. The highest BCUT2D eigenvalue weighted by atomic mass is 35.5. The number of anilines is 1. The van der Waals surface area contributed by atoms with Crippen molar-refractivity contribution in [3.8, 4) is 0 Å². The molecule has 0 bridgehead atoms. The van der Waals surface area contributed by atoms with E-state index >= 15 is 0 Å². The minimum atomic E-state index is -4.13. The first-order valence-corrected chi connectivity index (χ1v) is 13.8. The summed E-state index contributed by atoms with van der Waals surface area (Å²) in [5, 5.41) is 3.00. The van der Waals surface area contributed by atoms with E-state index < -0.39 is 28.5 Å². The van der Waals surface area contributed by atoms with Gasteiger partial charge in [0.2, 0.25) is 11.8 Å². The maximum absolute atomic E-state index is 13.9. The van der Waals surface area contributed by atoms with Crippen LogP contribution in [0.15, 0.2) is 77.7 Å². The van der Waals surface area contributed by atoms with Crippen LogP contribution in [0.1, 0.15) is 30.0 Å². The average Bonchev–Trinajstić information content (AvgIpc) is 2.90. The van der Waals surface area contributed by atoms with Crippen molar-refractivity contribution in [3.63, 3.8) is 0 Å². The fourth-order valence-corrected chi connectivity index (χ4v) is 5.74. The molecule has 1 atom stereocenters. The quantitative estimate of drug-likeness (QED) is 0.403. The molecule has 0 spiro atoms. The lowest BCUT2D eigenvalue weighted by Gasteiger charge is -2.33. The van der Waals surface area contributed by atoms with Crippen molar-refractivity contribution in [2.45, 2.75) is 44.7 Å². The molecule has 0 saturated carbocycles. The van der Waals surface area contributed by atoms with E-state index in [0.29, 0.717) is 22.7 Å². The number of carbonyl (C=O) groups is 2. The third kappa shape index (κ3) is 6.50. The van der Waals surface area contributed by atoms with Gasteiger partial charge in [-0.2, -0.15) is 0 Å². The van der Waals surface area contributed by atoms with Crippen molar-refractivity contribution in [2.75, 3.05) is 17.9 Å². The van der Waals surface area contributed by atoms with Gasteiger partial charge in [-0.15, -0.1) is 0 Å². The van der Waals surface area contributed by atoms with Gasteiger partial charge in [0, 0.05) is 18.6 Å². The number of nitrogens with zero attached hydrogens (tertiary/aromatic N) is 2. The first-order chi connectivity index (χ1) is 17.6. The molecule has 37 heavy (non-hydrogen) atoms. The van der Waals surface area contributed by atoms with Gasteiger partial charge >= 0.3 is 0 Å². The molecule has 196 valence electrons. The Labute approximate surface area is 224 Å². The molecule has 0 aliphatic heterocycles. The van der Waals surface area contributed by atoms with Crippen LogP contribution >= 0.6 is 11.6 Å². The van der Waals surface area contributed by atoms with Crippen LogP contribution in [0.4, 0.5) is 5.69 Å². The third-order valence-electron chi connectivity index (χ3n) is 6.22. The van der Waals surface area contributed by atoms with Crippen LogP contribution in [-0.2, 0) is 26.2 Å². The lowest BCUT2D eigenvalue weighted by atomic mass is 10.1. The van der Waals surface area contributed by atoms with Gasteiger partial charge in [0.05, 0.1) is 10.6 Å². The van der Waals surface area contributed by atoms with Crippen LogP contribution in [0.3, 0.4) is 0 Å². The number of aryl methyl sites for hydroxylation is 1. The molecular formula is C28H32ClN3O4S. The molecule has 0 unspecified atom stereocenters. The molecule has 3 aromatic carbocycles. The Hall–Kier alpha value is -3.36. The average molecular weight is 542 g/mol. The molecule has 2 amide bonds.